The number of fused-ring (bicyclic) bond motifs is 1. The predicted molar refractivity (Wildman–Crippen MR) is 93.7 cm³/mol. The molecule has 8 nitrogen and oxygen atoms in total. The first kappa shape index (κ1) is 18.2. The van der Waals surface area contributed by atoms with Gasteiger partial charge < -0.3 is 19.4 Å². The lowest BCUT2D eigenvalue weighted by Crippen LogP contribution is -2.48. The van der Waals surface area contributed by atoms with Gasteiger partial charge in [0.25, 0.3) is 5.91 Å². The van der Waals surface area contributed by atoms with Gasteiger partial charge in [0, 0.05) is 6.42 Å². The number of aromatic nitrogens is 2. The second kappa shape index (κ2) is 7.33. The number of nitrogens with one attached hydrogen (secondary N) is 1. The van der Waals surface area contributed by atoms with E-state index in [1.54, 1.807) is 13.0 Å². The summed E-state index contributed by atoms with van der Waals surface area (Å²) >= 11 is 0. The Hall–Kier alpha value is -2.61. The smallest absolute Gasteiger partial charge is 0.326 e. The van der Waals surface area contributed by atoms with Crippen LogP contribution in [0.1, 0.15) is 47.1 Å². The lowest BCUT2D eigenvalue weighted by atomic mass is 10.0. The molecule has 3 heterocycles. The fourth-order valence-electron chi connectivity index (χ4n) is 3.33. The lowest BCUT2D eigenvalue weighted by molar-refractivity contribution is -0.142. The van der Waals surface area contributed by atoms with Crippen molar-refractivity contribution in [1.29, 1.82) is 0 Å². The summed E-state index contributed by atoms with van der Waals surface area (Å²) in [6, 6.07) is 0.802. The fraction of sp³-hybridized carbons (Fsp3) is 0.500. The number of carboxylic acids is 1. The molecule has 0 unspecified atom stereocenters. The average molecular weight is 360 g/mol. The zero-order chi connectivity index (χ0) is 18.8. The second-order valence-corrected chi connectivity index (χ2v) is 6.46. The molecule has 8 heteroatoms. The number of aryl methyl sites for hydroxylation is 1. The summed E-state index contributed by atoms with van der Waals surface area (Å²) in [7, 11) is 0. The Kier molecular flexibility index (Phi) is 5.13. The third-order valence-electron chi connectivity index (χ3n) is 4.92. The predicted octanol–water partition coefficient (Wildman–Crippen LogP) is 1.80. The monoisotopic (exact) mass is 360 g/mol. The van der Waals surface area contributed by atoms with Gasteiger partial charge in [-0.15, -0.1) is 0 Å². The highest BCUT2D eigenvalue weighted by Gasteiger charge is 2.37. The third-order valence-corrected chi connectivity index (χ3v) is 4.92. The minimum Gasteiger partial charge on any atom is -0.480 e. The van der Waals surface area contributed by atoms with Gasteiger partial charge in [-0.2, -0.15) is 0 Å². The molecule has 2 aromatic rings. The normalized spacial score (nSPS) is 16.8. The Bertz CT molecular complexity index is 806. The Balaban J connectivity index is 1.86. The molecule has 0 aliphatic carbocycles. The van der Waals surface area contributed by atoms with Crippen LogP contribution in [-0.2, 0) is 24.3 Å². The summed E-state index contributed by atoms with van der Waals surface area (Å²) in [5.41, 5.74) is 1.90. The number of aliphatic carboxylic acids is 1. The molecule has 0 radical (unpaired) electrons. The SMILES string of the molecule is CCN(CC)Cc1cc(C(=O)N2Cc3[nH]cnc3C[C@@H]2C(=O)O)c(C)o1. The summed E-state index contributed by atoms with van der Waals surface area (Å²) in [6.07, 6.45) is 1.73. The number of H-pyrrole nitrogens is 1. The molecule has 2 N–H and O–H groups in total. The highest BCUT2D eigenvalue weighted by molar-refractivity contribution is 5.97. The summed E-state index contributed by atoms with van der Waals surface area (Å²) in [5.74, 6) is -0.140. The quantitative estimate of drug-likeness (QED) is 0.814. The fourth-order valence-corrected chi connectivity index (χ4v) is 3.33. The van der Waals surface area contributed by atoms with E-state index in [0.717, 1.165) is 18.8 Å². The van der Waals surface area contributed by atoms with Crippen LogP contribution in [0.15, 0.2) is 16.8 Å². The van der Waals surface area contributed by atoms with Crippen molar-refractivity contribution in [3.05, 3.63) is 40.9 Å². The van der Waals surface area contributed by atoms with E-state index in [4.69, 9.17) is 4.42 Å². The topological polar surface area (TPSA) is 103 Å². The van der Waals surface area contributed by atoms with Crippen molar-refractivity contribution < 1.29 is 19.1 Å². The van der Waals surface area contributed by atoms with Gasteiger partial charge in [-0.1, -0.05) is 13.8 Å². The van der Waals surface area contributed by atoms with Gasteiger partial charge in [0.1, 0.15) is 17.6 Å². The van der Waals surface area contributed by atoms with Crippen LogP contribution in [0.5, 0.6) is 0 Å². The van der Waals surface area contributed by atoms with E-state index >= 15 is 0 Å². The molecule has 0 aromatic carbocycles. The Morgan fingerprint density at radius 2 is 2.15 bits per heavy atom. The minimum atomic E-state index is -1.03. The molecule has 140 valence electrons. The number of hydrogen-bond donors (Lipinski definition) is 2. The van der Waals surface area contributed by atoms with E-state index < -0.39 is 12.0 Å². The number of hydrogen-bond acceptors (Lipinski definition) is 5. The van der Waals surface area contributed by atoms with Crippen molar-refractivity contribution in [3.8, 4) is 0 Å². The molecule has 0 saturated carbocycles. The van der Waals surface area contributed by atoms with Crippen LogP contribution in [0.25, 0.3) is 0 Å². The molecule has 0 saturated heterocycles. The molecule has 2 aromatic heterocycles. The number of furan rings is 1. The first-order valence-electron chi connectivity index (χ1n) is 8.81. The van der Waals surface area contributed by atoms with Gasteiger partial charge in [-0.25, -0.2) is 9.78 Å². The highest BCUT2D eigenvalue weighted by atomic mass is 16.4. The number of rotatable bonds is 6. The third kappa shape index (κ3) is 3.37. The minimum absolute atomic E-state index is 0.196. The Morgan fingerprint density at radius 3 is 2.81 bits per heavy atom. The first-order valence-corrected chi connectivity index (χ1v) is 8.81. The molecular formula is C18H24N4O4. The molecule has 0 spiro atoms. The highest BCUT2D eigenvalue weighted by Crippen LogP contribution is 2.25. The van der Waals surface area contributed by atoms with Gasteiger partial charge in [0.2, 0.25) is 0 Å². The van der Waals surface area contributed by atoms with Crippen molar-refractivity contribution in [3.63, 3.8) is 0 Å². The van der Waals surface area contributed by atoms with Crippen molar-refractivity contribution in [2.24, 2.45) is 0 Å². The van der Waals surface area contributed by atoms with Gasteiger partial charge in [-0.3, -0.25) is 9.69 Å². The summed E-state index contributed by atoms with van der Waals surface area (Å²) in [5, 5.41) is 9.56. The molecule has 1 amide bonds. The van der Waals surface area contributed by atoms with Crippen LogP contribution in [0.2, 0.25) is 0 Å². The number of carboxylic acid groups (broad SMARTS) is 1. The number of aromatic amines is 1. The molecular weight excluding hydrogens is 336 g/mol. The maximum Gasteiger partial charge on any atom is 0.326 e. The van der Waals surface area contributed by atoms with Crippen LogP contribution in [-0.4, -0.2) is 55.9 Å². The van der Waals surface area contributed by atoms with Crippen molar-refractivity contribution in [2.45, 2.75) is 46.3 Å². The van der Waals surface area contributed by atoms with Crippen LogP contribution in [0.3, 0.4) is 0 Å². The van der Waals surface area contributed by atoms with Gasteiger partial charge >= 0.3 is 5.97 Å². The van der Waals surface area contributed by atoms with Crippen molar-refractivity contribution in [1.82, 2.24) is 19.8 Å². The summed E-state index contributed by atoms with van der Waals surface area (Å²) < 4.78 is 5.75. The van der Waals surface area contributed by atoms with Gasteiger partial charge in [0.05, 0.1) is 36.4 Å². The van der Waals surface area contributed by atoms with Crippen LogP contribution in [0.4, 0.5) is 0 Å². The number of carbonyl (C=O) groups excluding carboxylic acids is 1. The molecule has 1 atom stereocenters. The van der Waals surface area contributed by atoms with Crippen LogP contribution in [0, 0.1) is 6.92 Å². The Morgan fingerprint density at radius 1 is 1.42 bits per heavy atom. The molecule has 0 bridgehead atoms. The molecule has 1 aliphatic rings. The van der Waals surface area contributed by atoms with Crippen molar-refractivity contribution in [2.75, 3.05) is 13.1 Å². The number of amides is 1. The number of nitrogens with zero attached hydrogens (tertiary/aromatic N) is 3. The zero-order valence-corrected chi connectivity index (χ0v) is 15.3. The lowest BCUT2D eigenvalue weighted by Gasteiger charge is -2.32. The van der Waals surface area contributed by atoms with Crippen LogP contribution >= 0.6 is 0 Å². The largest absolute Gasteiger partial charge is 0.480 e. The average Bonchev–Trinajstić information content (AvgIpc) is 3.23. The van der Waals surface area contributed by atoms with E-state index in [0.29, 0.717) is 29.3 Å². The second-order valence-electron chi connectivity index (χ2n) is 6.46. The van der Waals surface area contributed by atoms with E-state index in [1.165, 1.54) is 11.2 Å². The van der Waals surface area contributed by atoms with Gasteiger partial charge in [0.15, 0.2) is 0 Å². The van der Waals surface area contributed by atoms with E-state index in [-0.39, 0.29) is 18.9 Å². The van der Waals surface area contributed by atoms with E-state index in [1.807, 2.05) is 0 Å². The van der Waals surface area contributed by atoms with Crippen LogP contribution < -0.4 is 0 Å². The van der Waals surface area contributed by atoms with E-state index in [9.17, 15) is 14.7 Å². The molecule has 3 rings (SSSR count). The molecule has 0 fully saturated rings. The first-order chi connectivity index (χ1) is 12.4. The number of carbonyl (C=O) groups is 2. The van der Waals surface area contributed by atoms with Gasteiger partial charge in [-0.05, 0) is 26.1 Å². The summed E-state index contributed by atoms with van der Waals surface area (Å²) in [6.45, 7) is 8.46. The number of imidazole rings is 1. The standard InChI is InChI=1S/C18H24N4O4/c1-4-21(5-2)8-12-6-13(11(3)26-12)17(23)22-9-15-14(19-10-20-15)7-16(22)18(24)25/h6,10,16H,4-5,7-9H2,1-3H3,(H,19,20)(H,24,25)/t16-/m1/s1. The molecule has 26 heavy (non-hydrogen) atoms. The Labute approximate surface area is 151 Å². The zero-order valence-electron chi connectivity index (χ0n) is 15.3. The maximum atomic E-state index is 13.1. The molecule has 1 aliphatic heterocycles. The van der Waals surface area contributed by atoms with E-state index in [2.05, 4.69) is 28.7 Å². The summed E-state index contributed by atoms with van der Waals surface area (Å²) in [4.78, 5) is 35.4. The van der Waals surface area contributed by atoms with Crippen molar-refractivity contribution >= 4 is 11.9 Å². The maximum absolute atomic E-state index is 13.1.